The van der Waals surface area contributed by atoms with E-state index in [1.165, 1.54) is 6.42 Å². The van der Waals surface area contributed by atoms with Gasteiger partial charge in [-0.2, -0.15) is 18.3 Å². The van der Waals surface area contributed by atoms with Crippen molar-refractivity contribution in [3.63, 3.8) is 0 Å². The number of aromatic nitrogens is 2. The highest BCUT2D eigenvalue weighted by Gasteiger charge is 2.34. The van der Waals surface area contributed by atoms with Crippen molar-refractivity contribution >= 4 is 11.8 Å². The Labute approximate surface area is 156 Å². The second-order valence-electron chi connectivity index (χ2n) is 7.40. The Balaban J connectivity index is 1.42. The molecule has 27 heavy (non-hydrogen) atoms. The number of nitrogens with zero attached hydrogens (tertiary/aromatic N) is 3. The number of nitrogens with one attached hydrogen (secondary N) is 1. The van der Waals surface area contributed by atoms with Crippen LogP contribution in [0.3, 0.4) is 0 Å². The van der Waals surface area contributed by atoms with Gasteiger partial charge in [0.1, 0.15) is 6.54 Å². The molecule has 1 aliphatic heterocycles. The molecule has 1 aromatic rings. The number of hydrogen-bond acceptors (Lipinski definition) is 3. The summed E-state index contributed by atoms with van der Waals surface area (Å²) in [5.41, 5.74) is -1.01. The van der Waals surface area contributed by atoms with Crippen LogP contribution >= 0.6 is 0 Å². The molecule has 1 saturated carbocycles. The van der Waals surface area contributed by atoms with Crippen LogP contribution in [0.5, 0.6) is 0 Å². The van der Waals surface area contributed by atoms with Crippen LogP contribution < -0.4 is 5.32 Å². The fourth-order valence-corrected chi connectivity index (χ4v) is 3.87. The molecule has 2 amide bonds. The smallest absolute Gasteiger partial charge is 0.352 e. The third-order valence-corrected chi connectivity index (χ3v) is 5.36. The molecule has 1 aliphatic carbocycles. The number of alkyl halides is 3. The molecule has 0 bridgehead atoms. The first-order chi connectivity index (χ1) is 12.8. The van der Waals surface area contributed by atoms with Crippen LogP contribution in [-0.4, -0.2) is 45.6 Å². The lowest BCUT2D eigenvalue weighted by Gasteiger charge is -2.35. The Morgan fingerprint density at radius 3 is 2.37 bits per heavy atom. The van der Waals surface area contributed by atoms with E-state index in [1.54, 1.807) is 0 Å². The highest BCUT2D eigenvalue weighted by Crippen LogP contribution is 2.28. The molecule has 0 radical (unpaired) electrons. The Hall–Kier alpha value is -2.06. The van der Waals surface area contributed by atoms with Gasteiger partial charge in [0.2, 0.25) is 11.8 Å². The Bertz CT molecular complexity index is 660. The molecule has 3 rings (SSSR count). The van der Waals surface area contributed by atoms with Crippen molar-refractivity contribution in [3.05, 3.63) is 18.0 Å². The predicted octanol–water partition coefficient (Wildman–Crippen LogP) is 2.59. The van der Waals surface area contributed by atoms with E-state index in [9.17, 15) is 22.8 Å². The summed E-state index contributed by atoms with van der Waals surface area (Å²) in [4.78, 5) is 26.5. The van der Waals surface area contributed by atoms with Crippen LogP contribution in [0, 0.1) is 5.92 Å². The van der Waals surface area contributed by atoms with Crippen molar-refractivity contribution in [2.45, 2.75) is 63.7 Å². The molecule has 1 N–H and O–H groups in total. The molecule has 150 valence electrons. The molecule has 0 spiro atoms. The quantitative estimate of drug-likeness (QED) is 0.865. The van der Waals surface area contributed by atoms with Crippen molar-refractivity contribution in [2.24, 2.45) is 5.92 Å². The predicted molar refractivity (Wildman–Crippen MR) is 91.5 cm³/mol. The standard InChI is InChI=1S/C18H25F3N4O2/c19-18(20,21)15-8-11-25(23-15)12-16(26)22-14-6-9-24(10-7-14)17(27)13-4-2-1-3-5-13/h8,11,13-14H,1-7,9-10,12H2,(H,22,26). The molecule has 9 heteroatoms. The summed E-state index contributed by atoms with van der Waals surface area (Å²) < 4.78 is 38.6. The van der Waals surface area contributed by atoms with Gasteiger partial charge in [-0.1, -0.05) is 19.3 Å². The van der Waals surface area contributed by atoms with Gasteiger partial charge in [0, 0.05) is 31.2 Å². The van der Waals surface area contributed by atoms with E-state index in [0.717, 1.165) is 42.6 Å². The van der Waals surface area contributed by atoms with Gasteiger partial charge in [-0.25, -0.2) is 0 Å². The Morgan fingerprint density at radius 1 is 1.11 bits per heavy atom. The Morgan fingerprint density at radius 2 is 1.78 bits per heavy atom. The normalized spacial score (nSPS) is 19.9. The average Bonchev–Trinajstić information content (AvgIpc) is 3.11. The summed E-state index contributed by atoms with van der Waals surface area (Å²) in [6, 6.07) is 0.786. The SMILES string of the molecule is O=C(Cn1ccc(C(F)(F)F)n1)NC1CCN(C(=O)C2CCCCC2)CC1. The summed E-state index contributed by atoms with van der Waals surface area (Å²) in [7, 11) is 0. The third kappa shape index (κ3) is 5.23. The maximum atomic E-state index is 12.5. The van der Waals surface area contributed by atoms with Crippen molar-refractivity contribution in [1.29, 1.82) is 0 Å². The molecule has 0 atom stereocenters. The minimum atomic E-state index is -4.51. The fourth-order valence-electron chi connectivity index (χ4n) is 3.87. The minimum Gasteiger partial charge on any atom is -0.352 e. The lowest BCUT2D eigenvalue weighted by Crippen LogP contribution is -2.48. The zero-order valence-corrected chi connectivity index (χ0v) is 15.2. The van der Waals surface area contributed by atoms with Gasteiger partial charge in [-0.3, -0.25) is 14.3 Å². The number of halogens is 3. The number of likely N-dealkylation sites (tertiary alicyclic amines) is 1. The van der Waals surface area contributed by atoms with Gasteiger partial charge in [-0.05, 0) is 31.7 Å². The number of carbonyl (C=O) groups is 2. The van der Waals surface area contributed by atoms with E-state index in [2.05, 4.69) is 10.4 Å². The van der Waals surface area contributed by atoms with Crippen LogP contribution in [0.1, 0.15) is 50.6 Å². The highest BCUT2D eigenvalue weighted by molar-refractivity contribution is 5.79. The molecule has 2 aliphatic rings. The number of hydrogen-bond donors (Lipinski definition) is 1. The van der Waals surface area contributed by atoms with Gasteiger partial charge in [0.15, 0.2) is 5.69 Å². The zero-order valence-electron chi connectivity index (χ0n) is 15.2. The molecular weight excluding hydrogens is 361 g/mol. The summed E-state index contributed by atoms with van der Waals surface area (Å²) >= 11 is 0. The number of rotatable bonds is 4. The summed E-state index contributed by atoms with van der Waals surface area (Å²) in [6.45, 7) is 0.970. The first-order valence-corrected chi connectivity index (χ1v) is 9.52. The zero-order chi connectivity index (χ0) is 19.4. The first kappa shape index (κ1) is 19.7. The monoisotopic (exact) mass is 386 g/mol. The van der Waals surface area contributed by atoms with Gasteiger partial charge >= 0.3 is 6.18 Å². The third-order valence-electron chi connectivity index (χ3n) is 5.36. The maximum absolute atomic E-state index is 12.5. The molecular formula is C18H25F3N4O2. The van der Waals surface area contributed by atoms with E-state index in [1.807, 2.05) is 4.90 Å². The molecule has 6 nitrogen and oxygen atoms in total. The molecule has 2 fully saturated rings. The fraction of sp³-hybridized carbons (Fsp3) is 0.722. The second-order valence-corrected chi connectivity index (χ2v) is 7.40. The Kier molecular flexibility index (Phi) is 6.06. The number of amides is 2. The van der Waals surface area contributed by atoms with Gasteiger partial charge < -0.3 is 10.2 Å². The van der Waals surface area contributed by atoms with E-state index in [4.69, 9.17) is 0 Å². The van der Waals surface area contributed by atoms with E-state index >= 15 is 0 Å². The van der Waals surface area contributed by atoms with E-state index in [0.29, 0.717) is 25.9 Å². The van der Waals surface area contributed by atoms with Gasteiger partial charge in [-0.15, -0.1) is 0 Å². The summed E-state index contributed by atoms with van der Waals surface area (Å²) in [5.74, 6) is 0.00659. The van der Waals surface area contributed by atoms with Crippen molar-refractivity contribution in [3.8, 4) is 0 Å². The van der Waals surface area contributed by atoms with E-state index in [-0.39, 0.29) is 30.3 Å². The van der Waals surface area contributed by atoms with Crippen LogP contribution in [0.4, 0.5) is 13.2 Å². The largest absolute Gasteiger partial charge is 0.435 e. The van der Waals surface area contributed by atoms with Crippen molar-refractivity contribution < 1.29 is 22.8 Å². The second kappa shape index (κ2) is 8.31. The molecule has 2 heterocycles. The van der Waals surface area contributed by atoms with Crippen LogP contribution in [0.2, 0.25) is 0 Å². The average molecular weight is 386 g/mol. The lowest BCUT2D eigenvalue weighted by atomic mass is 9.87. The lowest BCUT2D eigenvalue weighted by molar-refractivity contribution is -0.142. The molecule has 1 saturated heterocycles. The topological polar surface area (TPSA) is 67.2 Å². The van der Waals surface area contributed by atoms with Crippen molar-refractivity contribution in [2.75, 3.05) is 13.1 Å². The summed E-state index contributed by atoms with van der Waals surface area (Å²) in [6.07, 6.45) is 3.34. The van der Waals surface area contributed by atoms with Crippen LogP contribution in [0.15, 0.2) is 12.3 Å². The van der Waals surface area contributed by atoms with Crippen LogP contribution in [0.25, 0.3) is 0 Å². The molecule has 0 aromatic carbocycles. The highest BCUT2D eigenvalue weighted by atomic mass is 19.4. The van der Waals surface area contributed by atoms with Crippen molar-refractivity contribution in [1.82, 2.24) is 20.0 Å². The number of piperidine rings is 1. The van der Waals surface area contributed by atoms with E-state index < -0.39 is 11.9 Å². The maximum Gasteiger partial charge on any atom is 0.435 e. The van der Waals surface area contributed by atoms with Crippen LogP contribution in [-0.2, 0) is 22.3 Å². The summed E-state index contributed by atoms with van der Waals surface area (Å²) in [5, 5.41) is 6.21. The number of carbonyl (C=O) groups excluding carboxylic acids is 2. The molecule has 0 unspecified atom stereocenters. The van der Waals surface area contributed by atoms with Gasteiger partial charge in [0.25, 0.3) is 0 Å². The first-order valence-electron chi connectivity index (χ1n) is 9.52. The van der Waals surface area contributed by atoms with Gasteiger partial charge in [0.05, 0.1) is 0 Å². The molecule has 1 aromatic heterocycles. The minimum absolute atomic E-state index is 0.0643.